The zero-order valence-corrected chi connectivity index (χ0v) is 11.8. The van der Waals surface area contributed by atoms with Gasteiger partial charge >= 0.3 is 0 Å². The molecule has 0 aliphatic rings. The van der Waals surface area contributed by atoms with Crippen molar-refractivity contribution in [3.05, 3.63) is 30.1 Å². The predicted molar refractivity (Wildman–Crippen MR) is 70.6 cm³/mol. The van der Waals surface area contributed by atoms with Crippen LogP contribution in [0.4, 0.5) is 4.39 Å². The van der Waals surface area contributed by atoms with E-state index in [1.807, 2.05) is 6.26 Å². The molecule has 1 aromatic rings. The molecule has 0 saturated carbocycles. The summed E-state index contributed by atoms with van der Waals surface area (Å²) in [6.07, 6.45) is 1.82. The molecule has 0 spiro atoms. The second-order valence-corrected chi connectivity index (χ2v) is 6.84. The molecule has 0 radical (unpaired) electrons. The number of aliphatic hydroxyl groups is 1. The fourth-order valence-electron chi connectivity index (χ4n) is 1.33. The minimum absolute atomic E-state index is 0.118. The lowest BCUT2D eigenvalue weighted by Crippen LogP contribution is -2.42. The lowest BCUT2D eigenvalue weighted by Gasteiger charge is -2.22. The van der Waals surface area contributed by atoms with Crippen molar-refractivity contribution in [1.82, 2.24) is 4.72 Å². The molecule has 0 fully saturated rings. The average molecular weight is 293 g/mol. The van der Waals surface area contributed by atoms with Gasteiger partial charge in [0, 0.05) is 12.3 Å². The Balaban J connectivity index is 2.78. The van der Waals surface area contributed by atoms with Crippen LogP contribution in [-0.2, 0) is 10.0 Å². The summed E-state index contributed by atoms with van der Waals surface area (Å²) >= 11 is 1.41. The van der Waals surface area contributed by atoms with Crippen LogP contribution in [0.3, 0.4) is 0 Å². The summed E-state index contributed by atoms with van der Waals surface area (Å²) in [5.41, 5.74) is -1.14. The Labute approximate surface area is 111 Å². The third-order valence-corrected chi connectivity index (χ3v) is 4.51. The van der Waals surface area contributed by atoms with Crippen LogP contribution in [0.25, 0.3) is 0 Å². The number of thioether (sulfide) groups is 1. The van der Waals surface area contributed by atoms with Gasteiger partial charge in [0.25, 0.3) is 0 Å². The van der Waals surface area contributed by atoms with E-state index >= 15 is 0 Å². The van der Waals surface area contributed by atoms with Gasteiger partial charge in [-0.3, -0.25) is 0 Å². The van der Waals surface area contributed by atoms with Gasteiger partial charge in [-0.15, -0.1) is 0 Å². The van der Waals surface area contributed by atoms with Crippen LogP contribution in [0.15, 0.2) is 29.2 Å². The molecule has 0 aromatic heterocycles. The number of sulfonamides is 1. The number of hydrogen-bond acceptors (Lipinski definition) is 4. The molecule has 102 valence electrons. The third kappa shape index (κ3) is 4.56. The molecule has 0 saturated heterocycles. The van der Waals surface area contributed by atoms with Crippen LogP contribution in [0, 0.1) is 5.82 Å². The Kier molecular flexibility index (Phi) is 5.15. The first-order valence-corrected chi connectivity index (χ1v) is 8.11. The summed E-state index contributed by atoms with van der Waals surface area (Å²) in [4.78, 5) is -0.151. The molecule has 7 heteroatoms. The Morgan fingerprint density at radius 1 is 1.50 bits per heavy atom. The first-order chi connectivity index (χ1) is 8.27. The lowest BCUT2D eigenvalue weighted by atomic mass is 10.1. The quantitative estimate of drug-likeness (QED) is 0.827. The molecule has 2 N–H and O–H groups in total. The second kappa shape index (κ2) is 6.01. The first-order valence-electron chi connectivity index (χ1n) is 5.23. The van der Waals surface area contributed by atoms with Gasteiger partial charge in [-0.05, 0) is 31.4 Å². The average Bonchev–Trinajstić information content (AvgIpc) is 2.27. The highest BCUT2D eigenvalue weighted by molar-refractivity contribution is 7.98. The largest absolute Gasteiger partial charge is 0.388 e. The Morgan fingerprint density at radius 2 is 2.17 bits per heavy atom. The van der Waals surface area contributed by atoms with Crippen LogP contribution in [0.1, 0.15) is 6.92 Å². The highest BCUT2D eigenvalue weighted by atomic mass is 32.2. The zero-order valence-electron chi connectivity index (χ0n) is 10.2. The minimum Gasteiger partial charge on any atom is -0.388 e. The molecule has 0 heterocycles. The highest BCUT2D eigenvalue weighted by Gasteiger charge is 2.23. The molecule has 1 unspecified atom stereocenters. The van der Waals surface area contributed by atoms with Gasteiger partial charge in [0.2, 0.25) is 10.0 Å². The Hall–Kier alpha value is -0.630. The van der Waals surface area contributed by atoms with Crippen LogP contribution < -0.4 is 4.72 Å². The van der Waals surface area contributed by atoms with Crippen LogP contribution in [0.5, 0.6) is 0 Å². The van der Waals surface area contributed by atoms with Gasteiger partial charge in [-0.2, -0.15) is 11.8 Å². The highest BCUT2D eigenvalue weighted by Crippen LogP contribution is 2.13. The van der Waals surface area contributed by atoms with Crippen molar-refractivity contribution in [3.63, 3.8) is 0 Å². The SMILES string of the molecule is CSCC(C)(O)CNS(=O)(=O)c1cccc(F)c1. The van der Waals surface area contributed by atoms with Crippen LogP contribution >= 0.6 is 11.8 Å². The molecule has 0 aliphatic carbocycles. The van der Waals surface area contributed by atoms with E-state index in [-0.39, 0.29) is 11.4 Å². The summed E-state index contributed by atoms with van der Waals surface area (Å²) in [5.74, 6) is -0.215. The molecule has 1 aromatic carbocycles. The molecular formula is C11H16FNO3S2. The van der Waals surface area contributed by atoms with E-state index in [4.69, 9.17) is 0 Å². The number of halogens is 1. The molecule has 18 heavy (non-hydrogen) atoms. The maximum Gasteiger partial charge on any atom is 0.240 e. The van der Waals surface area contributed by atoms with Gasteiger partial charge in [0.1, 0.15) is 5.82 Å². The van der Waals surface area contributed by atoms with Crippen molar-refractivity contribution in [2.75, 3.05) is 18.6 Å². The monoisotopic (exact) mass is 293 g/mol. The van der Waals surface area contributed by atoms with E-state index in [0.29, 0.717) is 5.75 Å². The molecule has 4 nitrogen and oxygen atoms in total. The predicted octanol–water partition coefficient (Wildman–Crippen LogP) is 1.22. The van der Waals surface area contributed by atoms with E-state index in [0.717, 1.165) is 6.07 Å². The van der Waals surface area contributed by atoms with Gasteiger partial charge in [-0.25, -0.2) is 17.5 Å². The van der Waals surface area contributed by atoms with Gasteiger partial charge < -0.3 is 5.11 Å². The maximum atomic E-state index is 12.9. The zero-order chi connectivity index (χ0) is 13.8. The second-order valence-electron chi connectivity index (χ2n) is 4.21. The Bertz CT molecular complexity index is 503. The third-order valence-electron chi connectivity index (χ3n) is 2.20. The first kappa shape index (κ1) is 15.4. The van der Waals surface area contributed by atoms with E-state index in [9.17, 15) is 17.9 Å². The number of benzene rings is 1. The molecular weight excluding hydrogens is 277 g/mol. The summed E-state index contributed by atoms with van der Waals surface area (Å²) in [5, 5.41) is 9.86. The topological polar surface area (TPSA) is 66.4 Å². The summed E-state index contributed by atoms with van der Waals surface area (Å²) in [6.45, 7) is 1.42. The molecule has 0 bridgehead atoms. The standard InChI is InChI=1S/C11H16FNO3S2/c1-11(14,8-17-2)7-13-18(15,16)10-5-3-4-9(12)6-10/h3-6,13-14H,7-8H2,1-2H3. The van der Waals surface area contributed by atoms with Crippen LogP contribution in [0.2, 0.25) is 0 Å². The van der Waals surface area contributed by atoms with Crippen molar-refractivity contribution in [1.29, 1.82) is 0 Å². The van der Waals surface area contributed by atoms with Crippen molar-refractivity contribution < 1.29 is 17.9 Å². The van der Waals surface area contributed by atoms with Gasteiger partial charge in [0.05, 0.1) is 10.5 Å². The lowest BCUT2D eigenvalue weighted by molar-refractivity contribution is 0.0908. The van der Waals surface area contributed by atoms with Gasteiger partial charge in [-0.1, -0.05) is 6.07 Å². The normalized spacial score (nSPS) is 15.3. The Morgan fingerprint density at radius 3 is 2.72 bits per heavy atom. The molecule has 0 amide bonds. The van der Waals surface area contributed by atoms with E-state index in [2.05, 4.69) is 4.72 Å². The minimum atomic E-state index is -3.79. The van der Waals surface area contributed by atoms with E-state index in [1.165, 1.54) is 36.9 Å². The smallest absolute Gasteiger partial charge is 0.240 e. The van der Waals surface area contributed by atoms with Crippen molar-refractivity contribution >= 4 is 21.8 Å². The van der Waals surface area contributed by atoms with Gasteiger partial charge in [0.15, 0.2) is 0 Å². The van der Waals surface area contributed by atoms with E-state index < -0.39 is 21.4 Å². The summed E-state index contributed by atoms with van der Waals surface area (Å²) < 4.78 is 38.9. The summed E-state index contributed by atoms with van der Waals surface area (Å²) in [6, 6.07) is 4.73. The number of hydrogen-bond donors (Lipinski definition) is 2. The molecule has 1 atom stereocenters. The fourth-order valence-corrected chi connectivity index (χ4v) is 3.25. The van der Waals surface area contributed by atoms with Crippen molar-refractivity contribution in [2.45, 2.75) is 17.4 Å². The fraction of sp³-hybridized carbons (Fsp3) is 0.455. The van der Waals surface area contributed by atoms with Crippen molar-refractivity contribution in [2.24, 2.45) is 0 Å². The maximum absolute atomic E-state index is 12.9. The molecule has 0 aliphatic heterocycles. The van der Waals surface area contributed by atoms with E-state index in [1.54, 1.807) is 0 Å². The molecule has 1 rings (SSSR count). The number of nitrogens with one attached hydrogen (secondary N) is 1. The summed E-state index contributed by atoms with van der Waals surface area (Å²) in [7, 11) is -3.79. The van der Waals surface area contributed by atoms with Crippen molar-refractivity contribution in [3.8, 4) is 0 Å². The van der Waals surface area contributed by atoms with Crippen LogP contribution in [-0.4, -0.2) is 37.7 Å². The number of rotatable bonds is 6.